The highest BCUT2D eigenvalue weighted by Crippen LogP contribution is 2.20. The van der Waals surface area contributed by atoms with Crippen molar-refractivity contribution in [2.45, 2.75) is 47.1 Å². The summed E-state index contributed by atoms with van der Waals surface area (Å²) >= 11 is 0. The summed E-state index contributed by atoms with van der Waals surface area (Å²) in [7, 11) is 0. The normalized spacial score (nSPS) is 12.4. The third-order valence-corrected chi connectivity index (χ3v) is 2.63. The molecule has 1 N–H and O–H groups in total. The number of nitrogens with one attached hydrogen (secondary N) is 1. The molecule has 1 heterocycles. The molecule has 0 atom stereocenters. The van der Waals surface area contributed by atoms with Crippen LogP contribution in [0.25, 0.3) is 0 Å². The minimum absolute atomic E-state index is 0.218. The van der Waals surface area contributed by atoms with Gasteiger partial charge < -0.3 is 5.32 Å². The van der Waals surface area contributed by atoms with E-state index in [0.717, 1.165) is 25.3 Å². The predicted molar refractivity (Wildman–Crippen MR) is 66.4 cm³/mol. The predicted octanol–water partition coefficient (Wildman–Crippen LogP) is 2.04. The van der Waals surface area contributed by atoms with Gasteiger partial charge in [0.1, 0.15) is 12.2 Å². The van der Waals surface area contributed by atoms with Crippen LogP contribution >= 0.6 is 0 Å². The van der Waals surface area contributed by atoms with Crippen LogP contribution in [0, 0.1) is 5.41 Å². The smallest absolute Gasteiger partial charge is 0.138 e. The molecule has 1 rings (SSSR count). The summed E-state index contributed by atoms with van der Waals surface area (Å²) < 4.78 is 2.01. The lowest BCUT2D eigenvalue weighted by Crippen LogP contribution is -2.32. The zero-order chi connectivity index (χ0) is 12.2. The first-order chi connectivity index (χ1) is 7.46. The van der Waals surface area contributed by atoms with Crippen molar-refractivity contribution >= 4 is 0 Å². The van der Waals surface area contributed by atoms with Gasteiger partial charge in [-0.3, -0.25) is 0 Å². The molecule has 0 amide bonds. The molecule has 1 aromatic rings. The van der Waals surface area contributed by atoms with Crippen molar-refractivity contribution in [1.82, 2.24) is 20.1 Å². The first-order valence-electron chi connectivity index (χ1n) is 6.05. The Morgan fingerprint density at radius 1 is 1.44 bits per heavy atom. The van der Waals surface area contributed by atoms with Gasteiger partial charge in [-0.25, -0.2) is 9.67 Å². The lowest BCUT2D eigenvalue weighted by atomic mass is 9.89. The van der Waals surface area contributed by atoms with Crippen LogP contribution in [0.3, 0.4) is 0 Å². The van der Waals surface area contributed by atoms with Gasteiger partial charge >= 0.3 is 0 Å². The van der Waals surface area contributed by atoms with Crippen molar-refractivity contribution in [1.29, 1.82) is 0 Å². The summed E-state index contributed by atoms with van der Waals surface area (Å²) in [6.07, 6.45) is 2.61. The highest BCUT2D eigenvalue weighted by molar-refractivity contribution is 4.92. The topological polar surface area (TPSA) is 42.7 Å². The molecule has 0 aliphatic heterocycles. The summed E-state index contributed by atoms with van der Waals surface area (Å²) in [5.41, 5.74) is 0.218. The van der Waals surface area contributed by atoms with E-state index in [0.29, 0.717) is 6.04 Å². The van der Waals surface area contributed by atoms with Crippen molar-refractivity contribution in [3.8, 4) is 0 Å². The maximum absolute atomic E-state index is 4.35. The number of nitrogens with zero attached hydrogens (tertiary/aromatic N) is 3. The van der Waals surface area contributed by atoms with E-state index in [1.54, 1.807) is 6.33 Å². The lowest BCUT2D eigenvalue weighted by Gasteiger charge is -2.25. The second-order valence-electron chi connectivity index (χ2n) is 5.34. The van der Waals surface area contributed by atoms with Crippen LogP contribution in [0.15, 0.2) is 6.33 Å². The molecule has 16 heavy (non-hydrogen) atoms. The Balaban J connectivity index is 2.68. The Morgan fingerprint density at radius 2 is 2.12 bits per heavy atom. The van der Waals surface area contributed by atoms with E-state index in [1.165, 1.54) is 0 Å². The molecule has 1 aromatic heterocycles. The van der Waals surface area contributed by atoms with Crippen molar-refractivity contribution in [2.75, 3.05) is 13.1 Å². The first kappa shape index (κ1) is 13.2. The molecule has 0 aliphatic rings. The summed E-state index contributed by atoms with van der Waals surface area (Å²) in [4.78, 5) is 4.35. The van der Waals surface area contributed by atoms with Gasteiger partial charge in [0.15, 0.2) is 0 Å². The van der Waals surface area contributed by atoms with Crippen LogP contribution in [0.2, 0.25) is 0 Å². The van der Waals surface area contributed by atoms with Gasteiger partial charge in [-0.2, -0.15) is 5.10 Å². The zero-order valence-electron chi connectivity index (χ0n) is 11.1. The fourth-order valence-corrected chi connectivity index (χ4v) is 1.79. The van der Waals surface area contributed by atoms with Gasteiger partial charge in [0.05, 0.1) is 0 Å². The Kier molecular flexibility index (Phi) is 4.47. The molecule has 4 heteroatoms. The van der Waals surface area contributed by atoms with Gasteiger partial charge in [0, 0.05) is 19.0 Å². The molecule has 0 unspecified atom stereocenters. The van der Waals surface area contributed by atoms with Crippen LogP contribution in [-0.4, -0.2) is 27.9 Å². The van der Waals surface area contributed by atoms with Crippen LogP contribution in [0.4, 0.5) is 0 Å². The van der Waals surface area contributed by atoms with Crippen molar-refractivity contribution < 1.29 is 0 Å². The maximum atomic E-state index is 4.35. The molecule has 0 saturated carbocycles. The van der Waals surface area contributed by atoms with E-state index < -0.39 is 0 Å². The Bertz CT molecular complexity index is 315. The molecule has 0 bridgehead atoms. The zero-order valence-corrected chi connectivity index (χ0v) is 11.1. The van der Waals surface area contributed by atoms with E-state index in [-0.39, 0.29) is 5.41 Å². The van der Waals surface area contributed by atoms with Crippen LogP contribution in [-0.2, 0) is 6.42 Å². The number of hydrogen-bond donors (Lipinski definition) is 1. The molecule has 0 saturated heterocycles. The van der Waals surface area contributed by atoms with Gasteiger partial charge in [-0.1, -0.05) is 20.8 Å². The van der Waals surface area contributed by atoms with E-state index in [2.05, 4.69) is 50.0 Å². The quantitative estimate of drug-likeness (QED) is 0.804. The minimum Gasteiger partial charge on any atom is -0.316 e. The third-order valence-electron chi connectivity index (χ3n) is 2.63. The van der Waals surface area contributed by atoms with E-state index in [9.17, 15) is 0 Å². The monoisotopic (exact) mass is 224 g/mol. The summed E-state index contributed by atoms with van der Waals surface area (Å²) in [6, 6.07) is 0.382. The number of rotatable bonds is 6. The van der Waals surface area contributed by atoms with E-state index >= 15 is 0 Å². The standard InChI is InChI=1S/C12H24N4/c1-6-13-8-12(4,5)7-11-14-9-15-16(11)10(2)3/h9-10,13H,6-8H2,1-5H3. The molecule has 0 spiro atoms. The average molecular weight is 224 g/mol. The molecule has 0 aliphatic carbocycles. The fraction of sp³-hybridized carbons (Fsp3) is 0.833. The second-order valence-corrected chi connectivity index (χ2v) is 5.34. The lowest BCUT2D eigenvalue weighted by molar-refractivity contribution is 0.323. The van der Waals surface area contributed by atoms with E-state index in [1.807, 2.05) is 4.68 Å². The highest BCUT2D eigenvalue weighted by atomic mass is 15.3. The van der Waals surface area contributed by atoms with Crippen molar-refractivity contribution in [2.24, 2.45) is 5.41 Å². The molecular weight excluding hydrogens is 200 g/mol. The summed E-state index contributed by atoms with van der Waals surface area (Å²) in [6.45, 7) is 12.9. The number of hydrogen-bond acceptors (Lipinski definition) is 3. The Hall–Kier alpha value is -0.900. The summed E-state index contributed by atoms with van der Waals surface area (Å²) in [5, 5.41) is 7.66. The molecule has 0 fully saturated rings. The number of aromatic nitrogens is 3. The average Bonchev–Trinajstić information content (AvgIpc) is 2.62. The maximum Gasteiger partial charge on any atom is 0.138 e. The van der Waals surface area contributed by atoms with Crippen molar-refractivity contribution in [3.63, 3.8) is 0 Å². The van der Waals surface area contributed by atoms with Crippen LogP contribution < -0.4 is 5.32 Å². The largest absolute Gasteiger partial charge is 0.316 e. The molecule has 0 aromatic carbocycles. The highest BCUT2D eigenvalue weighted by Gasteiger charge is 2.21. The van der Waals surface area contributed by atoms with Gasteiger partial charge in [-0.05, 0) is 25.8 Å². The van der Waals surface area contributed by atoms with Crippen LogP contribution in [0.1, 0.15) is 46.5 Å². The van der Waals surface area contributed by atoms with Crippen LogP contribution in [0.5, 0.6) is 0 Å². The molecule has 92 valence electrons. The van der Waals surface area contributed by atoms with E-state index in [4.69, 9.17) is 0 Å². The first-order valence-corrected chi connectivity index (χ1v) is 6.05. The van der Waals surface area contributed by atoms with Gasteiger partial charge in [-0.15, -0.1) is 0 Å². The third kappa shape index (κ3) is 3.59. The minimum atomic E-state index is 0.218. The SMILES string of the molecule is CCNCC(C)(C)Cc1ncnn1C(C)C. The molecular formula is C12H24N4. The summed E-state index contributed by atoms with van der Waals surface area (Å²) in [5.74, 6) is 1.08. The second kappa shape index (κ2) is 5.43. The molecule has 4 nitrogen and oxygen atoms in total. The Morgan fingerprint density at radius 3 is 2.69 bits per heavy atom. The van der Waals surface area contributed by atoms with Gasteiger partial charge in [0.25, 0.3) is 0 Å². The van der Waals surface area contributed by atoms with Gasteiger partial charge in [0.2, 0.25) is 0 Å². The van der Waals surface area contributed by atoms with Crippen molar-refractivity contribution in [3.05, 3.63) is 12.2 Å². The Labute approximate surface area is 98.5 Å². The molecule has 0 radical (unpaired) electrons. The fourth-order valence-electron chi connectivity index (χ4n) is 1.79.